The lowest BCUT2D eigenvalue weighted by atomic mass is 10.1. The first kappa shape index (κ1) is 13.3. The lowest BCUT2D eigenvalue weighted by Crippen LogP contribution is -2.48. The van der Waals surface area contributed by atoms with Gasteiger partial charge in [0.15, 0.2) is 0 Å². The lowest BCUT2D eigenvalue weighted by Gasteiger charge is -2.37. The molecule has 20 heavy (non-hydrogen) atoms. The zero-order valence-corrected chi connectivity index (χ0v) is 12.0. The van der Waals surface area contributed by atoms with Crippen molar-refractivity contribution in [2.75, 3.05) is 18.0 Å². The minimum absolute atomic E-state index is 0.208. The summed E-state index contributed by atoms with van der Waals surface area (Å²) >= 11 is 0. The highest BCUT2D eigenvalue weighted by Crippen LogP contribution is 2.37. The van der Waals surface area contributed by atoms with Gasteiger partial charge in [0.05, 0.1) is 12.2 Å². The molecule has 0 N–H and O–H groups in total. The fraction of sp³-hybridized carbons (Fsp3) is 0.667. The number of aryl methyl sites for hydroxylation is 1. The molecule has 2 heterocycles. The molecule has 0 spiro atoms. The average molecular weight is 272 g/mol. The maximum atomic E-state index is 9.10. The number of anilines is 1. The second kappa shape index (κ2) is 5.37. The first-order chi connectivity index (χ1) is 9.69. The summed E-state index contributed by atoms with van der Waals surface area (Å²) in [6, 6.07) is 3.92. The molecule has 1 saturated heterocycles. The Kier molecular flexibility index (Phi) is 3.58. The van der Waals surface area contributed by atoms with Crippen LogP contribution in [0.2, 0.25) is 0 Å². The van der Waals surface area contributed by atoms with E-state index in [0.29, 0.717) is 17.7 Å². The van der Waals surface area contributed by atoms with Gasteiger partial charge in [0.1, 0.15) is 23.4 Å². The van der Waals surface area contributed by atoms with E-state index in [9.17, 15) is 0 Å². The van der Waals surface area contributed by atoms with Crippen LogP contribution in [0.25, 0.3) is 0 Å². The van der Waals surface area contributed by atoms with E-state index in [4.69, 9.17) is 10.00 Å². The van der Waals surface area contributed by atoms with Crippen molar-refractivity contribution in [3.8, 4) is 6.07 Å². The van der Waals surface area contributed by atoms with Gasteiger partial charge < -0.3 is 9.64 Å². The molecule has 0 radical (unpaired) electrons. The molecule has 106 valence electrons. The molecule has 0 unspecified atom stereocenters. The first-order valence-electron chi connectivity index (χ1n) is 7.38. The molecule has 2 aliphatic rings. The smallest absolute Gasteiger partial charge is 0.146 e. The van der Waals surface area contributed by atoms with Crippen LogP contribution in [0.1, 0.15) is 38.2 Å². The van der Waals surface area contributed by atoms with Crippen LogP contribution in [0.15, 0.2) is 6.07 Å². The Bertz CT molecular complexity index is 535. The molecule has 5 nitrogen and oxygen atoms in total. The van der Waals surface area contributed by atoms with Gasteiger partial charge in [-0.3, -0.25) is 0 Å². The second-order valence-corrected chi connectivity index (χ2v) is 5.72. The number of rotatable bonds is 3. The normalized spacial score (nSPS) is 26.4. The van der Waals surface area contributed by atoms with E-state index in [1.54, 1.807) is 6.07 Å². The van der Waals surface area contributed by atoms with Crippen molar-refractivity contribution in [2.24, 2.45) is 5.92 Å². The van der Waals surface area contributed by atoms with Gasteiger partial charge in [-0.25, -0.2) is 9.97 Å². The number of ether oxygens (including phenoxy) is 1. The van der Waals surface area contributed by atoms with E-state index in [0.717, 1.165) is 31.2 Å². The van der Waals surface area contributed by atoms with Crippen molar-refractivity contribution >= 4 is 5.82 Å². The van der Waals surface area contributed by atoms with Crippen LogP contribution in [0, 0.1) is 17.2 Å². The maximum Gasteiger partial charge on any atom is 0.146 e. The van der Waals surface area contributed by atoms with Crippen LogP contribution in [0.4, 0.5) is 5.82 Å². The average Bonchev–Trinajstić information content (AvgIpc) is 3.30. The minimum atomic E-state index is 0.208. The Morgan fingerprint density at radius 3 is 2.85 bits per heavy atom. The third-order valence-electron chi connectivity index (χ3n) is 3.95. The van der Waals surface area contributed by atoms with Crippen molar-refractivity contribution in [1.82, 2.24) is 9.97 Å². The summed E-state index contributed by atoms with van der Waals surface area (Å²) in [6.45, 7) is 5.82. The summed E-state index contributed by atoms with van der Waals surface area (Å²) in [4.78, 5) is 11.0. The largest absolute Gasteiger partial charge is 0.371 e. The first-order valence-corrected chi connectivity index (χ1v) is 7.38. The third-order valence-corrected chi connectivity index (χ3v) is 3.95. The Hall–Kier alpha value is -1.67. The van der Waals surface area contributed by atoms with Gasteiger partial charge in [0, 0.05) is 25.6 Å². The van der Waals surface area contributed by atoms with Crippen LogP contribution in [-0.4, -0.2) is 35.3 Å². The molecule has 2 atom stereocenters. The third kappa shape index (κ3) is 2.75. The van der Waals surface area contributed by atoms with Crippen molar-refractivity contribution in [2.45, 2.75) is 45.3 Å². The minimum Gasteiger partial charge on any atom is -0.371 e. The predicted octanol–water partition coefficient (Wildman–Crippen LogP) is 1.91. The van der Waals surface area contributed by atoms with E-state index in [-0.39, 0.29) is 6.10 Å². The van der Waals surface area contributed by atoms with Crippen LogP contribution >= 0.6 is 0 Å². The van der Waals surface area contributed by atoms with Gasteiger partial charge in [-0.2, -0.15) is 5.26 Å². The van der Waals surface area contributed by atoms with Gasteiger partial charge in [-0.1, -0.05) is 6.92 Å². The Morgan fingerprint density at radius 2 is 2.20 bits per heavy atom. The molecular formula is C15H20N4O. The number of hydrogen-bond donors (Lipinski definition) is 0. The SMILES string of the molecule is CCc1nc(C#N)cc(N2C[C@H](C)O[C@@H](C3CC3)C2)n1. The molecule has 0 bridgehead atoms. The van der Waals surface area contributed by atoms with Crippen molar-refractivity contribution in [1.29, 1.82) is 5.26 Å². The molecule has 1 aliphatic heterocycles. The zero-order chi connectivity index (χ0) is 14.1. The number of nitriles is 1. The molecule has 1 saturated carbocycles. The summed E-state index contributed by atoms with van der Waals surface area (Å²) < 4.78 is 6.02. The highest BCUT2D eigenvalue weighted by Gasteiger charge is 2.37. The standard InChI is InChI=1S/C15H20N4O/c1-3-14-17-12(7-16)6-15(18-14)19-8-10(2)20-13(9-19)11-4-5-11/h6,10-11,13H,3-5,8-9H2,1-2H3/t10-,13+/m0/s1. The summed E-state index contributed by atoms with van der Waals surface area (Å²) in [5.41, 5.74) is 0.453. The monoisotopic (exact) mass is 272 g/mol. The number of nitrogens with zero attached hydrogens (tertiary/aromatic N) is 4. The van der Waals surface area contributed by atoms with Crippen LogP contribution in [0.5, 0.6) is 0 Å². The zero-order valence-electron chi connectivity index (χ0n) is 12.0. The molecule has 0 amide bonds. The topological polar surface area (TPSA) is 62.0 Å². The molecule has 5 heteroatoms. The molecular weight excluding hydrogens is 252 g/mol. The number of hydrogen-bond acceptors (Lipinski definition) is 5. The van der Waals surface area contributed by atoms with E-state index in [2.05, 4.69) is 27.9 Å². The van der Waals surface area contributed by atoms with Crippen molar-refractivity contribution in [3.63, 3.8) is 0 Å². The van der Waals surface area contributed by atoms with Crippen LogP contribution in [0.3, 0.4) is 0 Å². The van der Waals surface area contributed by atoms with E-state index >= 15 is 0 Å². The van der Waals surface area contributed by atoms with Crippen LogP contribution in [-0.2, 0) is 11.2 Å². The summed E-state index contributed by atoms with van der Waals surface area (Å²) in [5.74, 6) is 2.32. The number of morpholine rings is 1. The Balaban J connectivity index is 1.85. The van der Waals surface area contributed by atoms with Gasteiger partial charge in [0.2, 0.25) is 0 Å². The van der Waals surface area contributed by atoms with Gasteiger partial charge in [0.25, 0.3) is 0 Å². The maximum absolute atomic E-state index is 9.10. The van der Waals surface area contributed by atoms with E-state index in [1.165, 1.54) is 12.8 Å². The molecule has 1 aromatic rings. The highest BCUT2D eigenvalue weighted by atomic mass is 16.5. The summed E-state index contributed by atoms with van der Waals surface area (Å²) in [6.07, 6.45) is 3.82. The van der Waals surface area contributed by atoms with Crippen molar-refractivity contribution in [3.05, 3.63) is 17.6 Å². The molecule has 2 fully saturated rings. The summed E-state index contributed by atoms with van der Waals surface area (Å²) in [7, 11) is 0. The van der Waals surface area contributed by atoms with Gasteiger partial charge in [-0.15, -0.1) is 0 Å². The van der Waals surface area contributed by atoms with Gasteiger partial charge in [-0.05, 0) is 25.7 Å². The van der Waals surface area contributed by atoms with Gasteiger partial charge >= 0.3 is 0 Å². The Morgan fingerprint density at radius 1 is 1.40 bits per heavy atom. The lowest BCUT2D eigenvalue weighted by molar-refractivity contribution is -0.0273. The fourth-order valence-corrected chi connectivity index (χ4v) is 2.76. The highest BCUT2D eigenvalue weighted by molar-refractivity contribution is 5.44. The second-order valence-electron chi connectivity index (χ2n) is 5.72. The Labute approximate surface area is 119 Å². The predicted molar refractivity (Wildman–Crippen MR) is 75.4 cm³/mol. The molecule has 1 aliphatic carbocycles. The molecule has 1 aromatic heterocycles. The van der Waals surface area contributed by atoms with E-state index in [1.807, 2.05) is 6.92 Å². The molecule has 0 aromatic carbocycles. The van der Waals surface area contributed by atoms with Crippen LogP contribution < -0.4 is 4.90 Å². The van der Waals surface area contributed by atoms with Crippen molar-refractivity contribution < 1.29 is 4.74 Å². The quantitative estimate of drug-likeness (QED) is 0.841. The summed E-state index contributed by atoms with van der Waals surface area (Å²) in [5, 5.41) is 9.10. The van der Waals surface area contributed by atoms with E-state index < -0.39 is 0 Å². The number of aromatic nitrogens is 2. The molecule has 3 rings (SSSR count). The fourth-order valence-electron chi connectivity index (χ4n) is 2.76.